The second-order valence-electron chi connectivity index (χ2n) is 7.26. The molecule has 0 unspecified atom stereocenters. The summed E-state index contributed by atoms with van der Waals surface area (Å²) < 4.78 is 0. The number of anilines is 2. The van der Waals surface area contributed by atoms with Crippen molar-refractivity contribution in [2.75, 3.05) is 5.32 Å². The van der Waals surface area contributed by atoms with E-state index in [2.05, 4.69) is 66.0 Å². The van der Waals surface area contributed by atoms with Gasteiger partial charge in [-0.3, -0.25) is 0 Å². The Labute approximate surface area is 182 Å². The van der Waals surface area contributed by atoms with Gasteiger partial charge < -0.3 is 5.32 Å². The predicted octanol–water partition coefficient (Wildman–Crippen LogP) is 7.22. The van der Waals surface area contributed by atoms with Gasteiger partial charge in [-0.05, 0) is 23.3 Å². The second kappa shape index (κ2) is 8.64. The summed E-state index contributed by atoms with van der Waals surface area (Å²) >= 11 is 0. The third-order valence-corrected chi connectivity index (χ3v) is 5.09. The highest BCUT2D eigenvalue weighted by molar-refractivity contribution is 5.71. The molecule has 0 saturated carbocycles. The lowest BCUT2D eigenvalue weighted by Crippen LogP contribution is -1.99. The van der Waals surface area contributed by atoms with Crippen molar-refractivity contribution in [3.63, 3.8) is 0 Å². The van der Waals surface area contributed by atoms with Crippen LogP contribution in [0.5, 0.6) is 0 Å². The fraction of sp³-hybridized carbons (Fsp3) is 0. The topological polar surface area (TPSA) is 37.8 Å². The minimum absolute atomic E-state index is 0.699. The third kappa shape index (κ3) is 4.36. The van der Waals surface area contributed by atoms with Gasteiger partial charge in [0, 0.05) is 22.9 Å². The molecule has 0 fully saturated rings. The van der Waals surface area contributed by atoms with E-state index in [0.29, 0.717) is 5.82 Å². The Morgan fingerprint density at radius 3 is 1.58 bits per heavy atom. The highest BCUT2D eigenvalue weighted by atomic mass is 15.0. The van der Waals surface area contributed by atoms with Crippen LogP contribution in [-0.4, -0.2) is 9.97 Å². The number of benzene rings is 4. The number of nitrogens with one attached hydrogen (secondary N) is 1. The SMILES string of the molecule is c1ccc(-c2ccc(Nc3cc(-c4ccccc4)nc(-c4ccccc4)n3)cc2)cc1. The molecule has 0 aliphatic carbocycles. The van der Waals surface area contributed by atoms with Crippen LogP contribution in [0.15, 0.2) is 121 Å². The summed E-state index contributed by atoms with van der Waals surface area (Å²) in [5.74, 6) is 1.46. The molecule has 0 bridgehead atoms. The Morgan fingerprint density at radius 2 is 0.968 bits per heavy atom. The first-order chi connectivity index (χ1) is 15.3. The molecule has 0 aliphatic heterocycles. The monoisotopic (exact) mass is 399 g/mol. The van der Waals surface area contributed by atoms with Crippen molar-refractivity contribution >= 4 is 11.5 Å². The maximum Gasteiger partial charge on any atom is 0.162 e. The molecule has 3 nitrogen and oxygen atoms in total. The molecule has 1 aromatic heterocycles. The molecule has 5 aromatic rings. The zero-order valence-corrected chi connectivity index (χ0v) is 16.9. The molecule has 0 saturated heterocycles. The first-order valence-electron chi connectivity index (χ1n) is 10.3. The molecule has 0 spiro atoms. The van der Waals surface area contributed by atoms with Crippen molar-refractivity contribution < 1.29 is 0 Å². The Morgan fingerprint density at radius 1 is 0.452 bits per heavy atom. The van der Waals surface area contributed by atoms with E-state index in [1.807, 2.05) is 60.7 Å². The van der Waals surface area contributed by atoms with Crippen molar-refractivity contribution in [1.29, 1.82) is 0 Å². The zero-order chi connectivity index (χ0) is 20.9. The van der Waals surface area contributed by atoms with Crippen molar-refractivity contribution in [3.8, 4) is 33.8 Å². The number of hydrogen-bond acceptors (Lipinski definition) is 3. The summed E-state index contributed by atoms with van der Waals surface area (Å²) in [6, 6.07) is 41.0. The molecule has 0 amide bonds. The largest absolute Gasteiger partial charge is 0.340 e. The number of rotatable bonds is 5. The predicted molar refractivity (Wildman–Crippen MR) is 128 cm³/mol. The number of aromatic nitrogens is 2. The lowest BCUT2D eigenvalue weighted by molar-refractivity contribution is 1.18. The van der Waals surface area contributed by atoms with Crippen molar-refractivity contribution in [3.05, 3.63) is 121 Å². The van der Waals surface area contributed by atoms with E-state index in [1.165, 1.54) is 11.1 Å². The first kappa shape index (κ1) is 18.8. The lowest BCUT2D eigenvalue weighted by atomic mass is 10.1. The summed E-state index contributed by atoms with van der Waals surface area (Å²) in [7, 11) is 0. The van der Waals surface area contributed by atoms with E-state index < -0.39 is 0 Å². The fourth-order valence-corrected chi connectivity index (χ4v) is 3.51. The minimum atomic E-state index is 0.699. The summed E-state index contributed by atoms with van der Waals surface area (Å²) in [6.45, 7) is 0. The quantitative estimate of drug-likeness (QED) is 0.339. The van der Waals surface area contributed by atoms with Gasteiger partial charge in [0.1, 0.15) is 5.82 Å². The summed E-state index contributed by atoms with van der Waals surface area (Å²) in [4.78, 5) is 9.60. The first-order valence-corrected chi connectivity index (χ1v) is 10.3. The number of hydrogen-bond donors (Lipinski definition) is 1. The van der Waals surface area contributed by atoms with Crippen LogP contribution >= 0.6 is 0 Å². The normalized spacial score (nSPS) is 10.6. The van der Waals surface area contributed by atoms with Gasteiger partial charge in [0.15, 0.2) is 5.82 Å². The summed E-state index contributed by atoms with van der Waals surface area (Å²) in [5, 5.41) is 3.45. The Kier molecular flexibility index (Phi) is 5.23. The zero-order valence-electron chi connectivity index (χ0n) is 16.9. The van der Waals surface area contributed by atoms with Gasteiger partial charge in [-0.2, -0.15) is 0 Å². The van der Waals surface area contributed by atoms with Crippen LogP contribution in [0, 0.1) is 0 Å². The van der Waals surface area contributed by atoms with Crippen molar-refractivity contribution in [1.82, 2.24) is 9.97 Å². The molecule has 0 aliphatic rings. The average Bonchev–Trinajstić information content (AvgIpc) is 2.86. The van der Waals surface area contributed by atoms with E-state index in [9.17, 15) is 0 Å². The van der Waals surface area contributed by atoms with Crippen molar-refractivity contribution in [2.24, 2.45) is 0 Å². The lowest BCUT2D eigenvalue weighted by Gasteiger charge is -2.11. The Bertz CT molecular complexity index is 1210. The van der Waals surface area contributed by atoms with Crippen LogP contribution < -0.4 is 5.32 Å². The average molecular weight is 399 g/mol. The molecule has 5 rings (SSSR count). The van der Waals surface area contributed by atoms with Gasteiger partial charge in [-0.15, -0.1) is 0 Å². The molecule has 31 heavy (non-hydrogen) atoms. The minimum Gasteiger partial charge on any atom is -0.340 e. The molecule has 1 N–H and O–H groups in total. The molecular weight excluding hydrogens is 378 g/mol. The highest BCUT2D eigenvalue weighted by Crippen LogP contribution is 2.27. The molecule has 0 atom stereocenters. The van der Waals surface area contributed by atoms with Crippen LogP contribution in [0.4, 0.5) is 11.5 Å². The van der Waals surface area contributed by atoms with E-state index in [-0.39, 0.29) is 0 Å². The van der Waals surface area contributed by atoms with Crippen LogP contribution in [0.2, 0.25) is 0 Å². The third-order valence-electron chi connectivity index (χ3n) is 5.09. The van der Waals surface area contributed by atoms with E-state index in [4.69, 9.17) is 9.97 Å². The molecule has 3 heteroatoms. The fourth-order valence-electron chi connectivity index (χ4n) is 3.51. The van der Waals surface area contributed by atoms with Crippen LogP contribution in [0.25, 0.3) is 33.8 Å². The van der Waals surface area contributed by atoms with Crippen LogP contribution in [0.1, 0.15) is 0 Å². The van der Waals surface area contributed by atoms with Gasteiger partial charge in [-0.25, -0.2) is 9.97 Å². The summed E-state index contributed by atoms with van der Waals surface area (Å²) in [5.41, 5.74) is 6.30. The smallest absolute Gasteiger partial charge is 0.162 e. The standard InChI is InChI=1S/C28H21N3/c1-4-10-21(11-5-1)22-16-18-25(19-17-22)29-27-20-26(23-12-6-2-7-13-23)30-28(31-27)24-14-8-3-9-15-24/h1-20H,(H,29,30,31). The highest BCUT2D eigenvalue weighted by Gasteiger charge is 2.09. The van der Waals surface area contributed by atoms with Gasteiger partial charge in [0.2, 0.25) is 0 Å². The second-order valence-corrected chi connectivity index (χ2v) is 7.26. The van der Waals surface area contributed by atoms with E-state index >= 15 is 0 Å². The van der Waals surface area contributed by atoms with Gasteiger partial charge in [-0.1, -0.05) is 103 Å². The molecule has 148 valence electrons. The maximum absolute atomic E-state index is 4.82. The molecule has 0 radical (unpaired) electrons. The van der Waals surface area contributed by atoms with Crippen molar-refractivity contribution in [2.45, 2.75) is 0 Å². The summed E-state index contributed by atoms with van der Waals surface area (Å²) in [6.07, 6.45) is 0. The van der Waals surface area contributed by atoms with Gasteiger partial charge in [0.05, 0.1) is 5.69 Å². The van der Waals surface area contributed by atoms with Crippen LogP contribution in [-0.2, 0) is 0 Å². The molecule has 4 aromatic carbocycles. The maximum atomic E-state index is 4.82. The Hall–Kier alpha value is -4.24. The van der Waals surface area contributed by atoms with Gasteiger partial charge >= 0.3 is 0 Å². The van der Waals surface area contributed by atoms with Gasteiger partial charge in [0.25, 0.3) is 0 Å². The number of nitrogens with zero attached hydrogens (tertiary/aromatic N) is 2. The Balaban J connectivity index is 1.49. The van der Waals surface area contributed by atoms with Crippen LogP contribution in [0.3, 0.4) is 0 Å². The molecular formula is C28H21N3. The molecule has 1 heterocycles. The van der Waals surface area contributed by atoms with E-state index in [1.54, 1.807) is 0 Å². The van der Waals surface area contributed by atoms with E-state index in [0.717, 1.165) is 28.3 Å².